The molecule has 2 aromatic heterocycles. The van der Waals surface area contributed by atoms with Crippen LogP contribution in [0.1, 0.15) is 58.5 Å². The number of rotatable bonds is 7. The van der Waals surface area contributed by atoms with Crippen LogP contribution < -0.4 is 10.5 Å². The highest BCUT2D eigenvalue weighted by Gasteiger charge is 2.31. The predicted molar refractivity (Wildman–Crippen MR) is 115 cm³/mol. The second kappa shape index (κ2) is 9.43. The number of esters is 2. The lowest BCUT2D eigenvalue weighted by atomic mass is 9.88. The highest BCUT2D eigenvalue weighted by atomic mass is 32.2. The SMILES string of the molecule is CCOC(=O)c1c(NC(=O)C(C)OC(=O)c2ccc(S(N)(=O)=O)o2)sc2c1CCC(C)C2. The van der Waals surface area contributed by atoms with Gasteiger partial charge in [0.05, 0.1) is 12.2 Å². The molecule has 0 saturated carbocycles. The molecule has 10 nitrogen and oxygen atoms in total. The van der Waals surface area contributed by atoms with Crippen molar-refractivity contribution < 1.29 is 36.7 Å². The number of hydrogen-bond donors (Lipinski definition) is 2. The van der Waals surface area contributed by atoms with Crippen molar-refractivity contribution in [2.24, 2.45) is 11.1 Å². The summed E-state index contributed by atoms with van der Waals surface area (Å²) in [6.45, 7) is 5.37. The second-order valence-electron chi connectivity index (χ2n) is 7.48. The van der Waals surface area contributed by atoms with E-state index in [9.17, 15) is 22.8 Å². The van der Waals surface area contributed by atoms with Gasteiger partial charge in [0.15, 0.2) is 6.10 Å². The van der Waals surface area contributed by atoms with Crippen LogP contribution in [0.4, 0.5) is 5.00 Å². The minimum absolute atomic E-state index is 0.199. The molecule has 1 amide bonds. The molecule has 2 aromatic rings. The van der Waals surface area contributed by atoms with Crippen molar-refractivity contribution in [1.82, 2.24) is 0 Å². The number of carbonyl (C=O) groups excluding carboxylic acids is 3. The maximum atomic E-state index is 12.7. The molecule has 0 saturated heterocycles. The lowest BCUT2D eigenvalue weighted by Gasteiger charge is -2.18. The van der Waals surface area contributed by atoms with Crippen LogP contribution in [0.25, 0.3) is 0 Å². The van der Waals surface area contributed by atoms with Gasteiger partial charge in [-0.05, 0) is 56.7 Å². The summed E-state index contributed by atoms with van der Waals surface area (Å²) in [5.41, 5.74) is 1.23. The zero-order valence-corrected chi connectivity index (χ0v) is 19.4. The van der Waals surface area contributed by atoms with E-state index >= 15 is 0 Å². The molecule has 0 bridgehead atoms. The van der Waals surface area contributed by atoms with E-state index in [4.69, 9.17) is 19.0 Å². The van der Waals surface area contributed by atoms with Crippen LogP contribution in [0.3, 0.4) is 0 Å². The Balaban J connectivity index is 1.75. The van der Waals surface area contributed by atoms with Gasteiger partial charge in [-0.3, -0.25) is 4.79 Å². The van der Waals surface area contributed by atoms with Gasteiger partial charge in [-0.1, -0.05) is 6.92 Å². The lowest BCUT2D eigenvalue weighted by Crippen LogP contribution is -2.30. The number of furan rings is 1. The van der Waals surface area contributed by atoms with E-state index < -0.39 is 44.8 Å². The molecule has 32 heavy (non-hydrogen) atoms. The molecule has 2 atom stereocenters. The summed E-state index contributed by atoms with van der Waals surface area (Å²) in [6, 6.07) is 2.10. The van der Waals surface area contributed by atoms with Crippen molar-refractivity contribution in [3.05, 3.63) is 33.9 Å². The number of ether oxygens (including phenoxy) is 2. The van der Waals surface area contributed by atoms with Gasteiger partial charge in [0, 0.05) is 4.88 Å². The fraction of sp³-hybridized carbons (Fsp3) is 0.450. The lowest BCUT2D eigenvalue weighted by molar-refractivity contribution is -0.123. The van der Waals surface area contributed by atoms with Gasteiger partial charge in [0.1, 0.15) is 5.00 Å². The molecule has 0 aromatic carbocycles. The van der Waals surface area contributed by atoms with E-state index in [0.717, 1.165) is 35.4 Å². The summed E-state index contributed by atoms with van der Waals surface area (Å²) >= 11 is 1.31. The highest BCUT2D eigenvalue weighted by molar-refractivity contribution is 7.89. The van der Waals surface area contributed by atoms with Crippen LogP contribution in [0.2, 0.25) is 0 Å². The van der Waals surface area contributed by atoms with Gasteiger partial charge in [-0.25, -0.2) is 23.1 Å². The van der Waals surface area contributed by atoms with Crippen LogP contribution in [0.15, 0.2) is 21.6 Å². The monoisotopic (exact) mass is 484 g/mol. The van der Waals surface area contributed by atoms with Crippen LogP contribution in [-0.4, -0.2) is 39.0 Å². The van der Waals surface area contributed by atoms with Crippen LogP contribution >= 0.6 is 11.3 Å². The number of primary sulfonamides is 1. The summed E-state index contributed by atoms with van der Waals surface area (Å²) < 4.78 is 37.7. The predicted octanol–water partition coefficient (Wildman–Crippen LogP) is 2.47. The second-order valence-corrected chi connectivity index (χ2v) is 10.1. The first-order valence-corrected chi connectivity index (χ1v) is 12.3. The molecule has 1 aliphatic rings. The highest BCUT2D eigenvalue weighted by Crippen LogP contribution is 2.40. The number of sulfonamides is 1. The average molecular weight is 485 g/mol. The molecule has 3 rings (SSSR count). The Labute approximate surface area is 189 Å². The van der Waals surface area contributed by atoms with E-state index in [1.807, 2.05) is 0 Å². The van der Waals surface area contributed by atoms with E-state index in [-0.39, 0.29) is 6.61 Å². The Morgan fingerprint density at radius 1 is 1.31 bits per heavy atom. The van der Waals surface area contributed by atoms with Crippen molar-refractivity contribution in [2.45, 2.75) is 51.2 Å². The zero-order chi connectivity index (χ0) is 23.6. The van der Waals surface area contributed by atoms with Gasteiger partial charge in [-0.15, -0.1) is 11.3 Å². The minimum Gasteiger partial charge on any atom is -0.462 e. The Morgan fingerprint density at radius 2 is 2.03 bits per heavy atom. The molecule has 0 spiro atoms. The topological polar surface area (TPSA) is 155 Å². The number of nitrogens with one attached hydrogen (secondary N) is 1. The Bertz CT molecular complexity index is 1150. The number of thiophene rings is 1. The fourth-order valence-corrected chi connectivity index (χ4v) is 5.19. The zero-order valence-electron chi connectivity index (χ0n) is 17.8. The van der Waals surface area contributed by atoms with Crippen molar-refractivity contribution in [3.63, 3.8) is 0 Å². The molecular weight excluding hydrogens is 460 g/mol. The molecular formula is C20H24N2O8S2. The first-order valence-electron chi connectivity index (χ1n) is 9.97. The molecule has 2 heterocycles. The first-order chi connectivity index (χ1) is 15.0. The third-order valence-corrected chi connectivity index (χ3v) is 6.89. The number of anilines is 1. The third-order valence-electron chi connectivity index (χ3n) is 4.94. The number of amides is 1. The van der Waals surface area contributed by atoms with Crippen molar-refractivity contribution in [2.75, 3.05) is 11.9 Å². The Morgan fingerprint density at radius 3 is 2.66 bits per heavy atom. The van der Waals surface area contributed by atoms with Gasteiger partial charge < -0.3 is 19.2 Å². The van der Waals surface area contributed by atoms with E-state index in [2.05, 4.69) is 12.2 Å². The number of nitrogens with two attached hydrogens (primary N) is 1. The first kappa shape index (κ1) is 24.0. The summed E-state index contributed by atoms with van der Waals surface area (Å²) in [5.74, 6) is -2.15. The molecule has 174 valence electrons. The van der Waals surface area contributed by atoms with Crippen molar-refractivity contribution in [3.8, 4) is 0 Å². The summed E-state index contributed by atoms with van der Waals surface area (Å²) in [7, 11) is -4.12. The van der Waals surface area contributed by atoms with Gasteiger partial charge in [0.25, 0.3) is 15.9 Å². The van der Waals surface area contributed by atoms with Crippen LogP contribution in [0, 0.1) is 5.92 Å². The molecule has 12 heteroatoms. The number of fused-ring (bicyclic) bond motifs is 1. The van der Waals surface area contributed by atoms with E-state index in [1.165, 1.54) is 18.3 Å². The van der Waals surface area contributed by atoms with Gasteiger partial charge in [0.2, 0.25) is 10.9 Å². The summed E-state index contributed by atoms with van der Waals surface area (Å²) in [5, 5.41) is 7.36. The van der Waals surface area contributed by atoms with E-state index in [1.54, 1.807) is 6.92 Å². The molecule has 0 radical (unpaired) electrons. The quantitative estimate of drug-likeness (QED) is 0.568. The molecule has 0 fully saturated rings. The molecule has 2 unspecified atom stereocenters. The maximum absolute atomic E-state index is 12.7. The molecule has 3 N–H and O–H groups in total. The standard InChI is InChI=1S/C20H24N2O8S2/c1-4-28-20(25)16-12-6-5-10(2)9-14(12)31-18(16)22-17(23)11(3)29-19(24)13-7-8-15(30-13)32(21,26)27/h7-8,10-11H,4-6,9H2,1-3H3,(H,22,23)(H2,21,26,27). The van der Waals surface area contributed by atoms with Gasteiger partial charge >= 0.3 is 11.9 Å². The molecule has 0 aliphatic heterocycles. The summed E-state index contributed by atoms with van der Waals surface area (Å²) in [6.07, 6.45) is 1.20. The number of carbonyl (C=O) groups is 3. The fourth-order valence-electron chi connectivity index (χ4n) is 3.33. The normalized spacial score (nSPS) is 16.7. The Hall–Kier alpha value is -2.70. The van der Waals surface area contributed by atoms with Gasteiger partial charge in [-0.2, -0.15) is 0 Å². The molecule has 1 aliphatic carbocycles. The smallest absolute Gasteiger partial charge is 0.375 e. The Kier molecular flexibility index (Phi) is 7.06. The minimum atomic E-state index is -4.12. The van der Waals surface area contributed by atoms with Crippen molar-refractivity contribution >= 4 is 44.2 Å². The number of hydrogen-bond acceptors (Lipinski definition) is 9. The maximum Gasteiger partial charge on any atom is 0.375 e. The van der Waals surface area contributed by atoms with Crippen LogP contribution in [-0.2, 0) is 37.1 Å². The van der Waals surface area contributed by atoms with E-state index in [0.29, 0.717) is 22.9 Å². The average Bonchev–Trinajstić information content (AvgIpc) is 3.32. The van der Waals surface area contributed by atoms with Crippen LogP contribution in [0.5, 0.6) is 0 Å². The largest absolute Gasteiger partial charge is 0.462 e. The van der Waals surface area contributed by atoms with Crippen molar-refractivity contribution in [1.29, 1.82) is 0 Å². The summed E-state index contributed by atoms with van der Waals surface area (Å²) in [4.78, 5) is 38.5. The third kappa shape index (κ3) is 5.19.